The van der Waals surface area contributed by atoms with Gasteiger partial charge in [0.25, 0.3) is 0 Å². The van der Waals surface area contributed by atoms with Crippen LogP contribution in [0.1, 0.15) is 20.3 Å². The summed E-state index contributed by atoms with van der Waals surface area (Å²) in [5.74, 6) is 2.61. The van der Waals surface area contributed by atoms with E-state index in [1.807, 2.05) is 46.8 Å². The van der Waals surface area contributed by atoms with Crippen molar-refractivity contribution in [3.63, 3.8) is 0 Å². The van der Waals surface area contributed by atoms with Gasteiger partial charge in [-0.3, -0.25) is 4.79 Å². The van der Waals surface area contributed by atoms with E-state index < -0.39 is 0 Å². The summed E-state index contributed by atoms with van der Waals surface area (Å²) in [7, 11) is 1.94. The molecule has 0 unspecified atom stereocenters. The largest absolute Gasteiger partial charge is 0.341 e. The summed E-state index contributed by atoms with van der Waals surface area (Å²) in [6.07, 6.45) is 1.21. The van der Waals surface area contributed by atoms with Gasteiger partial charge in [0.2, 0.25) is 5.91 Å². The lowest BCUT2D eigenvalue weighted by Gasteiger charge is -2.34. The summed E-state index contributed by atoms with van der Waals surface area (Å²) < 4.78 is 1.95. The molecule has 0 radical (unpaired) electrons. The Bertz CT molecular complexity index is 690. The normalized spacial score (nSPS) is 21.0. The van der Waals surface area contributed by atoms with E-state index in [2.05, 4.69) is 24.0 Å². The first kappa shape index (κ1) is 17.0. The Balaban J connectivity index is 1.63. The molecule has 1 amide bonds. The van der Waals surface area contributed by atoms with Crippen LogP contribution >= 0.6 is 11.8 Å². The molecule has 0 aliphatic carbocycles. The molecule has 1 saturated heterocycles. The number of hydrogen-bond donors (Lipinski definition) is 0. The summed E-state index contributed by atoms with van der Waals surface area (Å²) in [5, 5.41) is 9.29. The number of rotatable bonds is 4. The topological polar surface area (TPSA) is 51.0 Å². The molecular weight excluding hydrogens is 320 g/mol. The zero-order valence-corrected chi connectivity index (χ0v) is 15.3. The Morgan fingerprint density at radius 3 is 2.50 bits per heavy atom. The summed E-state index contributed by atoms with van der Waals surface area (Å²) in [5.41, 5.74) is 1.03. The highest BCUT2D eigenvalue weighted by Crippen LogP contribution is 2.25. The standard InChI is InChI=1S/C18H24N4OS/c1-13-9-14(2)11-22(10-13)16(23)12-24-18-20-19-17(21(18)3)15-7-5-4-6-8-15/h4-8,13-14H,9-12H2,1-3H3/t13-,14-/m1/s1. The maximum atomic E-state index is 12.5. The molecule has 3 rings (SSSR count). The van der Waals surface area contributed by atoms with Crippen molar-refractivity contribution in [2.75, 3.05) is 18.8 Å². The maximum Gasteiger partial charge on any atom is 0.233 e. The van der Waals surface area contributed by atoms with Gasteiger partial charge in [0.15, 0.2) is 11.0 Å². The zero-order chi connectivity index (χ0) is 17.1. The number of carbonyl (C=O) groups is 1. The van der Waals surface area contributed by atoms with Gasteiger partial charge in [-0.05, 0) is 18.3 Å². The fraction of sp³-hybridized carbons (Fsp3) is 0.500. The highest BCUT2D eigenvalue weighted by Gasteiger charge is 2.25. The van der Waals surface area contributed by atoms with Gasteiger partial charge in [0.1, 0.15) is 0 Å². The van der Waals surface area contributed by atoms with Crippen molar-refractivity contribution in [2.45, 2.75) is 25.4 Å². The summed E-state index contributed by atoms with van der Waals surface area (Å²) in [6.45, 7) is 6.19. The molecule has 1 aromatic heterocycles. The molecule has 2 aromatic rings. The second-order valence-corrected chi connectivity index (χ2v) is 7.71. The fourth-order valence-corrected chi connectivity index (χ4v) is 4.18. The Kier molecular flexibility index (Phi) is 5.23. The first-order valence-corrected chi connectivity index (χ1v) is 9.38. The molecule has 1 aromatic carbocycles. The van der Waals surface area contributed by atoms with Crippen LogP contribution in [0, 0.1) is 11.8 Å². The lowest BCUT2D eigenvalue weighted by Crippen LogP contribution is -2.43. The van der Waals surface area contributed by atoms with Crippen molar-refractivity contribution >= 4 is 17.7 Å². The molecule has 5 nitrogen and oxygen atoms in total. The second-order valence-electron chi connectivity index (χ2n) is 6.76. The molecule has 24 heavy (non-hydrogen) atoms. The van der Waals surface area contributed by atoms with E-state index in [-0.39, 0.29) is 5.91 Å². The number of amides is 1. The summed E-state index contributed by atoms with van der Waals surface area (Å²) >= 11 is 1.46. The van der Waals surface area contributed by atoms with E-state index in [4.69, 9.17) is 0 Å². The number of nitrogens with zero attached hydrogens (tertiary/aromatic N) is 4. The van der Waals surface area contributed by atoms with E-state index in [0.717, 1.165) is 29.6 Å². The van der Waals surface area contributed by atoms with E-state index in [0.29, 0.717) is 17.6 Å². The molecule has 2 atom stereocenters. The minimum atomic E-state index is 0.197. The van der Waals surface area contributed by atoms with Crippen LogP contribution in [0.5, 0.6) is 0 Å². The third kappa shape index (κ3) is 3.80. The molecular formula is C18H24N4OS. The van der Waals surface area contributed by atoms with Crippen molar-refractivity contribution in [1.29, 1.82) is 0 Å². The van der Waals surface area contributed by atoms with Crippen molar-refractivity contribution in [3.8, 4) is 11.4 Å². The predicted molar refractivity (Wildman–Crippen MR) is 96.7 cm³/mol. The van der Waals surface area contributed by atoms with Crippen molar-refractivity contribution < 1.29 is 4.79 Å². The van der Waals surface area contributed by atoms with Gasteiger partial charge in [-0.2, -0.15) is 0 Å². The highest BCUT2D eigenvalue weighted by atomic mass is 32.2. The van der Waals surface area contributed by atoms with Crippen molar-refractivity contribution in [3.05, 3.63) is 30.3 Å². The van der Waals surface area contributed by atoms with Crippen LogP contribution < -0.4 is 0 Å². The van der Waals surface area contributed by atoms with Crippen LogP contribution in [0.25, 0.3) is 11.4 Å². The molecule has 0 saturated carbocycles. The van der Waals surface area contributed by atoms with Crippen LogP contribution in [0.15, 0.2) is 35.5 Å². The monoisotopic (exact) mass is 344 g/mol. The summed E-state index contributed by atoms with van der Waals surface area (Å²) in [6, 6.07) is 9.98. The lowest BCUT2D eigenvalue weighted by atomic mass is 9.92. The first-order valence-electron chi connectivity index (χ1n) is 8.40. The molecule has 0 bridgehead atoms. The van der Waals surface area contributed by atoms with Gasteiger partial charge in [-0.25, -0.2) is 0 Å². The van der Waals surface area contributed by atoms with Crippen LogP contribution in [0.3, 0.4) is 0 Å². The molecule has 0 N–H and O–H groups in total. The van der Waals surface area contributed by atoms with E-state index >= 15 is 0 Å². The fourth-order valence-electron chi connectivity index (χ4n) is 3.36. The Labute approximate surface area is 147 Å². The minimum absolute atomic E-state index is 0.197. The number of aromatic nitrogens is 3. The molecule has 1 aliphatic rings. The number of likely N-dealkylation sites (tertiary alicyclic amines) is 1. The number of thioether (sulfide) groups is 1. The van der Waals surface area contributed by atoms with Gasteiger partial charge in [0, 0.05) is 25.7 Å². The van der Waals surface area contributed by atoms with Crippen molar-refractivity contribution in [2.24, 2.45) is 18.9 Å². The average molecular weight is 344 g/mol. The van der Waals surface area contributed by atoms with Crippen LogP contribution in [-0.2, 0) is 11.8 Å². The first-order chi connectivity index (χ1) is 11.5. The maximum absolute atomic E-state index is 12.5. The second kappa shape index (κ2) is 7.38. The summed E-state index contributed by atoms with van der Waals surface area (Å²) in [4.78, 5) is 14.5. The lowest BCUT2D eigenvalue weighted by molar-refractivity contribution is -0.130. The minimum Gasteiger partial charge on any atom is -0.341 e. The van der Waals surface area contributed by atoms with E-state index in [9.17, 15) is 4.79 Å². The molecule has 128 valence electrons. The zero-order valence-electron chi connectivity index (χ0n) is 14.5. The van der Waals surface area contributed by atoms with Crippen LogP contribution in [0.4, 0.5) is 0 Å². The SMILES string of the molecule is C[C@@H]1C[C@@H](C)CN(C(=O)CSc2nnc(-c3ccccc3)n2C)C1. The third-order valence-electron chi connectivity index (χ3n) is 4.41. The van der Waals surface area contributed by atoms with Crippen LogP contribution in [-0.4, -0.2) is 44.4 Å². The third-order valence-corrected chi connectivity index (χ3v) is 5.42. The van der Waals surface area contributed by atoms with Gasteiger partial charge >= 0.3 is 0 Å². The molecule has 2 heterocycles. The molecule has 6 heteroatoms. The highest BCUT2D eigenvalue weighted by molar-refractivity contribution is 7.99. The number of benzene rings is 1. The van der Waals surface area contributed by atoms with E-state index in [1.165, 1.54) is 18.2 Å². The Morgan fingerprint density at radius 2 is 1.83 bits per heavy atom. The molecule has 1 aliphatic heterocycles. The van der Waals surface area contributed by atoms with Crippen molar-refractivity contribution in [1.82, 2.24) is 19.7 Å². The smallest absolute Gasteiger partial charge is 0.233 e. The van der Waals surface area contributed by atoms with E-state index in [1.54, 1.807) is 0 Å². The number of carbonyl (C=O) groups excluding carboxylic acids is 1. The van der Waals surface area contributed by atoms with Gasteiger partial charge in [-0.15, -0.1) is 10.2 Å². The van der Waals surface area contributed by atoms with Gasteiger partial charge in [-0.1, -0.05) is 55.9 Å². The molecule has 0 spiro atoms. The molecule has 1 fully saturated rings. The Morgan fingerprint density at radius 1 is 1.17 bits per heavy atom. The van der Waals surface area contributed by atoms with Gasteiger partial charge < -0.3 is 9.47 Å². The quantitative estimate of drug-likeness (QED) is 0.800. The number of piperidine rings is 1. The number of hydrogen-bond acceptors (Lipinski definition) is 4. The van der Waals surface area contributed by atoms with Gasteiger partial charge in [0.05, 0.1) is 5.75 Å². The predicted octanol–water partition coefficient (Wildman–Crippen LogP) is 3.08. The van der Waals surface area contributed by atoms with Crippen LogP contribution in [0.2, 0.25) is 0 Å². The average Bonchev–Trinajstić information content (AvgIpc) is 2.93. The Hall–Kier alpha value is -1.82.